The zero-order valence-electron chi connectivity index (χ0n) is 17.1. The van der Waals surface area contributed by atoms with Crippen LogP contribution in [0.5, 0.6) is 5.75 Å². The van der Waals surface area contributed by atoms with Crippen molar-refractivity contribution in [2.75, 3.05) is 17.7 Å². The molecule has 0 unspecified atom stereocenters. The minimum absolute atomic E-state index is 0.137. The fourth-order valence-electron chi connectivity index (χ4n) is 3.08. The molecule has 4 rings (SSSR count). The average Bonchev–Trinajstić information content (AvgIpc) is 3.19. The maximum Gasteiger partial charge on any atom is 0.260 e. The number of aromatic amines is 1. The zero-order chi connectivity index (χ0) is 21.8. The summed E-state index contributed by atoms with van der Waals surface area (Å²) in [7, 11) is 0. The summed E-state index contributed by atoms with van der Waals surface area (Å²) in [5.41, 5.74) is 3.51. The fraction of sp³-hybridized carbons (Fsp3) is 0.174. The molecule has 2 aromatic carbocycles. The molecule has 158 valence electrons. The second-order valence-corrected chi connectivity index (χ2v) is 8.68. The number of nitrogens with one attached hydrogen (secondary N) is 2. The second kappa shape index (κ2) is 9.36. The van der Waals surface area contributed by atoms with E-state index >= 15 is 0 Å². The van der Waals surface area contributed by atoms with E-state index in [2.05, 4.69) is 15.3 Å². The molecule has 0 fully saturated rings. The molecule has 8 heteroatoms. The summed E-state index contributed by atoms with van der Waals surface area (Å²) in [6.07, 6.45) is 0. The molecule has 4 aromatic rings. The van der Waals surface area contributed by atoms with Gasteiger partial charge >= 0.3 is 0 Å². The molecule has 31 heavy (non-hydrogen) atoms. The van der Waals surface area contributed by atoms with Crippen molar-refractivity contribution in [2.24, 2.45) is 0 Å². The summed E-state index contributed by atoms with van der Waals surface area (Å²) in [5, 5.41) is 5.79. The number of carbonyl (C=O) groups excluding carboxylic acids is 1. The van der Waals surface area contributed by atoms with Crippen LogP contribution in [0.4, 0.5) is 5.69 Å². The van der Waals surface area contributed by atoms with Gasteiger partial charge in [-0.1, -0.05) is 41.6 Å². The molecule has 0 aliphatic heterocycles. The number of H-pyrrole nitrogens is 1. The van der Waals surface area contributed by atoms with Crippen LogP contribution in [-0.2, 0) is 4.79 Å². The number of hydrogen-bond acceptors (Lipinski definition) is 6. The van der Waals surface area contributed by atoms with Crippen LogP contribution in [0, 0.1) is 6.92 Å². The molecule has 1 amide bonds. The number of hydrogen-bond donors (Lipinski definition) is 2. The summed E-state index contributed by atoms with van der Waals surface area (Å²) in [6.45, 7) is 4.54. The van der Waals surface area contributed by atoms with Crippen LogP contribution < -0.4 is 15.6 Å². The maximum absolute atomic E-state index is 12.7. The van der Waals surface area contributed by atoms with Gasteiger partial charge in [0.25, 0.3) is 5.56 Å². The monoisotopic (exact) mass is 451 g/mol. The van der Waals surface area contributed by atoms with Gasteiger partial charge in [0, 0.05) is 16.6 Å². The van der Waals surface area contributed by atoms with Gasteiger partial charge in [-0.3, -0.25) is 9.59 Å². The lowest BCUT2D eigenvalue weighted by Gasteiger charge is -2.07. The number of fused-ring (bicyclic) bond motifs is 1. The van der Waals surface area contributed by atoms with E-state index in [9.17, 15) is 9.59 Å². The van der Waals surface area contributed by atoms with Crippen molar-refractivity contribution >= 4 is 44.9 Å². The Morgan fingerprint density at radius 1 is 1.16 bits per heavy atom. The topological polar surface area (TPSA) is 84.1 Å². The number of ether oxygens (including phenoxy) is 1. The molecule has 0 spiro atoms. The third kappa shape index (κ3) is 4.98. The molecule has 0 radical (unpaired) electrons. The molecule has 2 aromatic heterocycles. The molecular weight excluding hydrogens is 430 g/mol. The minimum Gasteiger partial charge on any atom is -0.494 e. The van der Waals surface area contributed by atoms with Crippen molar-refractivity contribution in [3.63, 3.8) is 0 Å². The van der Waals surface area contributed by atoms with Crippen LogP contribution in [0.1, 0.15) is 12.5 Å². The van der Waals surface area contributed by atoms with Gasteiger partial charge in [-0.25, -0.2) is 4.98 Å². The van der Waals surface area contributed by atoms with Crippen molar-refractivity contribution in [1.29, 1.82) is 0 Å². The number of amides is 1. The Balaban J connectivity index is 1.45. The van der Waals surface area contributed by atoms with Gasteiger partial charge in [0.05, 0.1) is 17.7 Å². The van der Waals surface area contributed by atoms with Crippen LogP contribution in [-0.4, -0.2) is 28.2 Å². The van der Waals surface area contributed by atoms with E-state index in [1.165, 1.54) is 23.1 Å². The molecule has 2 N–H and O–H groups in total. The normalized spacial score (nSPS) is 10.9. The van der Waals surface area contributed by atoms with Gasteiger partial charge < -0.3 is 15.0 Å². The second-order valence-electron chi connectivity index (χ2n) is 6.86. The van der Waals surface area contributed by atoms with Crippen molar-refractivity contribution in [3.8, 4) is 16.9 Å². The standard InChI is InChI=1S/C23H21N3O3S2/c1-3-29-17-10-8-16(9-11-17)24-19(27)13-31-23-25-21(28)20-18(12-30-22(20)26-23)15-6-4-14(2)5-7-15/h4-12H,3,13H2,1-2H3,(H,24,27)(H,25,26,28). The van der Waals surface area contributed by atoms with E-state index in [1.54, 1.807) is 12.1 Å². The number of aryl methyl sites for hydroxylation is 1. The Morgan fingerprint density at radius 2 is 1.90 bits per heavy atom. The van der Waals surface area contributed by atoms with Gasteiger partial charge in [-0.2, -0.15) is 0 Å². The van der Waals surface area contributed by atoms with Gasteiger partial charge in [-0.05, 0) is 43.7 Å². The molecule has 0 aliphatic carbocycles. The SMILES string of the molecule is CCOc1ccc(NC(=O)CSc2nc3scc(-c4ccc(C)cc4)c3c(=O)[nH]2)cc1. The molecule has 6 nitrogen and oxygen atoms in total. The highest BCUT2D eigenvalue weighted by Crippen LogP contribution is 2.31. The summed E-state index contributed by atoms with van der Waals surface area (Å²) >= 11 is 2.62. The van der Waals surface area contributed by atoms with Gasteiger partial charge in [0.1, 0.15) is 10.6 Å². The van der Waals surface area contributed by atoms with E-state index in [0.717, 1.165) is 22.4 Å². The Bertz CT molecular complexity index is 1260. The highest BCUT2D eigenvalue weighted by Gasteiger charge is 2.14. The Labute approximate surface area is 187 Å². The number of thioether (sulfide) groups is 1. The van der Waals surface area contributed by atoms with E-state index in [4.69, 9.17) is 4.74 Å². The largest absolute Gasteiger partial charge is 0.494 e. The summed E-state index contributed by atoms with van der Waals surface area (Å²) < 4.78 is 5.39. The predicted molar refractivity (Wildman–Crippen MR) is 127 cm³/mol. The van der Waals surface area contributed by atoms with E-state index < -0.39 is 0 Å². The number of thiophene rings is 1. The average molecular weight is 452 g/mol. The van der Waals surface area contributed by atoms with Gasteiger partial charge in [0.15, 0.2) is 5.16 Å². The van der Waals surface area contributed by atoms with E-state index in [-0.39, 0.29) is 17.2 Å². The number of aromatic nitrogens is 2. The van der Waals surface area contributed by atoms with Crippen molar-refractivity contribution in [2.45, 2.75) is 19.0 Å². The Morgan fingerprint density at radius 3 is 2.61 bits per heavy atom. The highest BCUT2D eigenvalue weighted by molar-refractivity contribution is 7.99. The molecule has 0 saturated carbocycles. The first kappa shape index (κ1) is 21.1. The molecule has 2 heterocycles. The Kier molecular flexibility index (Phi) is 6.39. The summed E-state index contributed by atoms with van der Waals surface area (Å²) in [6, 6.07) is 15.2. The number of benzene rings is 2. The minimum atomic E-state index is -0.198. The third-order valence-electron chi connectivity index (χ3n) is 4.57. The van der Waals surface area contributed by atoms with Crippen LogP contribution in [0.15, 0.2) is 63.9 Å². The molecule has 0 saturated heterocycles. The van der Waals surface area contributed by atoms with Crippen molar-refractivity contribution < 1.29 is 9.53 Å². The van der Waals surface area contributed by atoms with E-state index in [0.29, 0.717) is 27.7 Å². The Hall–Kier alpha value is -3.10. The zero-order valence-corrected chi connectivity index (χ0v) is 18.7. The summed E-state index contributed by atoms with van der Waals surface area (Å²) in [4.78, 5) is 33.0. The summed E-state index contributed by atoms with van der Waals surface area (Å²) in [5.74, 6) is 0.715. The number of carbonyl (C=O) groups is 1. The van der Waals surface area contributed by atoms with Gasteiger partial charge in [-0.15, -0.1) is 11.3 Å². The fourth-order valence-corrected chi connectivity index (χ4v) is 4.74. The lowest BCUT2D eigenvalue weighted by atomic mass is 10.1. The third-order valence-corrected chi connectivity index (χ3v) is 6.32. The van der Waals surface area contributed by atoms with E-state index in [1.807, 2.05) is 55.6 Å². The highest BCUT2D eigenvalue weighted by atomic mass is 32.2. The van der Waals surface area contributed by atoms with Crippen LogP contribution in [0.3, 0.4) is 0 Å². The molecule has 0 aliphatic rings. The number of rotatable bonds is 7. The van der Waals surface area contributed by atoms with Gasteiger partial charge in [0.2, 0.25) is 5.91 Å². The smallest absolute Gasteiger partial charge is 0.260 e. The lowest BCUT2D eigenvalue weighted by Crippen LogP contribution is -2.15. The molecule has 0 atom stereocenters. The van der Waals surface area contributed by atoms with Crippen LogP contribution in [0.2, 0.25) is 0 Å². The van der Waals surface area contributed by atoms with Crippen molar-refractivity contribution in [1.82, 2.24) is 9.97 Å². The van der Waals surface area contributed by atoms with Crippen LogP contribution in [0.25, 0.3) is 21.3 Å². The molecule has 0 bridgehead atoms. The maximum atomic E-state index is 12.7. The lowest BCUT2D eigenvalue weighted by molar-refractivity contribution is -0.113. The first-order chi connectivity index (χ1) is 15.0. The first-order valence-corrected chi connectivity index (χ1v) is 11.6. The number of anilines is 1. The first-order valence-electron chi connectivity index (χ1n) is 9.77. The number of nitrogens with zero attached hydrogens (tertiary/aromatic N) is 1. The quantitative estimate of drug-likeness (QED) is 0.302. The van der Waals surface area contributed by atoms with Crippen LogP contribution >= 0.6 is 23.1 Å². The van der Waals surface area contributed by atoms with Crippen molar-refractivity contribution in [3.05, 3.63) is 69.8 Å². The predicted octanol–water partition coefficient (Wildman–Crippen LogP) is 5.09. The molecular formula is C23H21N3O3S2.